The van der Waals surface area contributed by atoms with Gasteiger partial charge in [0.1, 0.15) is 0 Å². The number of nitrogens with zero attached hydrogens (tertiary/aromatic N) is 2. The van der Waals surface area contributed by atoms with Crippen LogP contribution in [0.1, 0.15) is 32.1 Å². The molecule has 4 nitrogen and oxygen atoms in total. The van der Waals surface area contributed by atoms with Gasteiger partial charge in [-0.2, -0.15) is 0 Å². The Balaban J connectivity index is 1.74. The van der Waals surface area contributed by atoms with Crippen molar-refractivity contribution in [3.8, 4) is 0 Å². The van der Waals surface area contributed by atoms with E-state index in [4.69, 9.17) is 10.5 Å². The van der Waals surface area contributed by atoms with Gasteiger partial charge in [-0.25, -0.2) is 0 Å². The molecule has 110 valence electrons. The van der Waals surface area contributed by atoms with Gasteiger partial charge >= 0.3 is 0 Å². The van der Waals surface area contributed by atoms with Crippen molar-refractivity contribution in [1.82, 2.24) is 9.80 Å². The standard InChI is InChI=1S/C15H29N3O/c1-19-11-13-4-2-8-18(10-13)15(12-16)6-9-17-7-3-5-14(15)17/h13-14H,2-12,16H2,1H3. The number of ether oxygens (including phenoxy) is 1. The molecule has 3 heterocycles. The maximum absolute atomic E-state index is 6.28. The lowest BCUT2D eigenvalue weighted by Crippen LogP contribution is -2.62. The predicted octanol–water partition coefficient (Wildman–Crippen LogP) is 0.910. The van der Waals surface area contributed by atoms with Gasteiger partial charge in [0.25, 0.3) is 0 Å². The van der Waals surface area contributed by atoms with E-state index in [-0.39, 0.29) is 5.54 Å². The van der Waals surface area contributed by atoms with Crippen molar-refractivity contribution in [2.75, 3.05) is 46.4 Å². The molecule has 3 aliphatic heterocycles. The lowest BCUT2D eigenvalue weighted by atomic mass is 9.83. The molecule has 0 aromatic carbocycles. The average molecular weight is 267 g/mol. The van der Waals surface area contributed by atoms with Gasteiger partial charge in [0.05, 0.1) is 6.61 Å². The Bertz CT molecular complexity index is 310. The van der Waals surface area contributed by atoms with E-state index < -0.39 is 0 Å². The van der Waals surface area contributed by atoms with Gasteiger partial charge in [0.2, 0.25) is 0 Å². The van der Waals surface area contributed by atoms with E-state index in [2.05, 4.69) is 9.80 Å². The van der Waals surface area contributed by atoms with Gasteiger partial charge < -0.3 is 10.5 Å². The first-order chi connectivity index (χ1) is 9.30. The third-order valence-corrected chi connectivity index (χ3v) is 5.72. The zero-order valence-electron chi connectivity index (χ0n) is 12.3. The fourth-order valence-corrected chi connectivity index (χ4v) is 4.78. The molecule has 0 aliphatic carbocycles. The normalized spacial score (nSPS) is 40.7. The molecule has 0 amide bonds. The monoisotopic (exact) mass is 267 g/mol. The molecule has 0 spiro atoms. The number of piperidine rings is 1. The molecular formula is C15H29N3O. The van der Waals surface area contributed by atoms with Crippen LogP contribution in [0.3, 0.4) is 0 Å². The van der Waals surface area contributed by atoms with E-state index in [0.29, 0.717) is 5.92 Å². The number of likely N-dealkylation sites (tertiary alicyclic amines) is 1. The number of fused-ring (bicyclic) bond motifs is 1. The molecule has 3 rings (SSSR count). The minimum atomic E-state index is 0.267. The minimum absolute atomic E-state index is 0.267. The lowest BCUT2D eigenvalue weighted by Gasteiger charge is -2.48. The van der Waals surface area contributed by atoms with Crippen LogP contribution in [-0.2, 0) is 4.74 Å². The second kappa shape index (κ2) is 5.68. The first kappa shape index (κ1) is 13.8. The summed E-state index contributed by atoms with van der Waals surface area (Å²) in [7, 11) is 1.83. The Hall–Kier alpha value is -0.160. The molecule has 3 atom stereocenters. The summed E-state index contributed by atoms with van der Waals surface area (Å²) in [5.74, 6) is 0.706. The maximum Gasteiger partial charge on any atom is 0.0502 e. The minimum Gasteiger partial charge on any atom is -0.384 e. The number of rotatable bonds is 4. The molecule has 3 unspecified atom stereocenters. The Morgan fingerprint density at radius 1 is 1.21 bits per heavy atom. The number of methoxy groups -OCH3 is 1. The highest BCUT2D eigenvalue weighted by molar-refractivity contribution is 5.10. The summed E-state index contributed by atoms with van der Waals surface area (Å²) < 4.78 is 5.38. The van der Waals surface area contributed by atoms with Crippen molar-refractivity contribution in [3.63, 3.8) is 0 Å². The van der Waals surface area contributed by atoms with E-state index in [0.717, 1.165) is 19.2 Å². The highest BCUT2D eigenvalue weighted by Gasteiger charge is 2.52. The molecule has 3 saturated heterocycles. The van der Waals surface area contributed by atoms with Gasteiger partial charge in [-0.1, -0.05) is 0 Å². The molecule has 0 aromatic rings. The Kier molecular flexibility index (Phi) is 4.13. The fraction of sp³-hybridized carbons (Fsp3) is 1.00. The maximum atomic E-state index is 6.28. The largest absolute Gasteiger partial charge is 0.384 e. The lowest BCUT2D eigenvalue weighted by molar-refractivity contribution is 0.00801. The first-order valence-electron chi connectivity index (χ1n) is 7.98. The number of hydrogen-bond acceptors (Lipinski definition) is 4. The van der Waals surface area contributed by atoms with Crippen LogP contribution in [0.2, 0.25) is 0 Å². The van der Waals surface area contributed by atoms with E-state index in [1.165, 1.54) is 58.3 Å². The fourth-order valence-electron chi connectivity index (χ4n) is 4.78. The highest BCUT2D eigenvalue weighted by atomic mass is 16.5. The summed E-state index contributed by atoms with van der Waals surface area (Å²) in [5, 5.41) is 0. The molecule has 19 heavy (non-hydrogen) atoms. The third kappa shape index (κ3) is 2.33. The molecule has 0 bridgehead atoms. The van der Waals surface area contributed by atoms with Crippen molar-refractivity contribution >= 4 is 0 Å². The smallest absolute Gasteiger partial charge is 0.0502 e. The van der Waals surface area contributed by atoms with Gasteiger partial charge in [0.15, 0.2) is 0 Å². The molecule has 3 aliphatic rings. The Morgan fingerprint density at radius 3 is 2.84 bits per heavy atom. The van der Waals surface area contributed by atoms with E-state index >= 15 is 0 Å². The topological polar surface area (TPSA) is 41.7 Å². The summed E-state index contributed by atoms with van der Waals surface area (Å²) in [5.41, 5.74) is 6.54. The zero-order chi connectivity index (χ0) is 13.3. The van der Waals surface area contributed by atoms with Crippen molar-refractivity contribution in [2.45, 2.75) is 43.7 Å². The molecule has 0 saturated carbocycles. The molecule has 0 aromatic heterocycles. The molecular weight excluding hydrogens is 238 g/mol. The van der Waals surface area contributed by atoms with E-state index in [9.17, 15) is 0 Å². The van der Waals surface area contributed by atoms with E-state index in [1.54, 1.807) is 0 Å². The van der Waals surface area contributed by atoms with Crippen LogP contribution in [0.25, 0.3) is 0 Å². The Morgan fingerprint density at radius 2 is 2.05 bits per heavy atom. The highest BCUT2D eigenvalue weighted by Crippen LogP contribution is 2.41. The van der Waals surface area contributed by atoms with Gasteiger partial charge in [-0.3, -0.25) is 9.80 Å². The van der Waals surface area contributed by atoms with Gasteiger partial charge in [-0.05, 0) is 51.1 Å². The molecule has 2 N–H and O–H groups in total. The molecule has 4 heteroatoms. The molecule has 0 radical (unpaired) electrons. The number of nitrogens with two attached hydrogens (primary N) is 1. The summed E-state index contributed by atoms with van der Waals surface area (Å²) >= 11 is 0. The van der Waals surface area contributed by atoms with E-state index in [1.807, 2.05) is 7.11 Å². The van der Waals surface area contributed by atoms with Crippen molar-refractivity contribution < 1.29 is 4.74 Å². The van der Waals surface area contributed by atoms with Crippen LogP contribution in [-0.4, -0.2) is 67.8 Å². The zero-order valence-corrected chi connectivity index (χ0v) is 12.3. The second-order valence-electron chi connectivity index (χ2n) is 6.66. The predicted molar refractivity (Wildman–Crippen MR) is 77.2 cm³/mol. The molecule has 3 fully saturated rings. The van der Waals surface area contributed by atoms with Crippen LogP contribution in [0, 0.1) is 5.92 Å². The SMILES string of the molecule is COCC1CCCN(C2(CN)CCN3CCCC32)C1. The third-order valence-electron chi connectivity index (χ3n) is 5.72. The summed E-state index contributed by atoms with van der Waals surface area (Å²) in [6.45, 7) is 6.71. The second-order valence-corrected chi connectivity index (χ2v) is 6.66. The Labute approximate surface area is 117 Å². The van der Waals surface area contributed by atoms with Crippen LogP contribution in [0.15, 0.2) is 0 Å². The van der Waals surface area contributed by atoms with Crippen LogP contribution >= 0.6 is 0 Å². The summed E-state index contributed by atoms with van der Waals surface area (Å²) in [6.07, 6.45) is 6.61. The van der Waals surface area contributed by atoms with Crippen molar-refractivity contribution in [2.24, 2.45) is 11.7 Å². The summed E-state index contributed by atoms with van der Waals surface area (Å²) in [6, 6.07) is 0.721. The quantitative estimate of drug-likeness (QED) is 0.822. The van der Waals surface area contributed by atoms with Crippen LogP contribution in [0.4, 0.5) is 0 Å². The van der Waals surface area contributed by atoms with Crippen molar-refractivity contribution in [3.05, 3.63) is 0 Å². The first-order valence-corrected chi connectivity index (χ1v) is 7.98. The van der Waals surface area contributed by atoms with Gasteiger partial charge in [0, 0.05) is 38.3 Å². The number of hydrogen-bond donors (Lipinski definition) is 1. The van der Waals surface area contributed by atoms with Crippen LogP contribution < -0.4 is 5.73 Å². The van der Waals surface area contributed by atoms with Gasteiger partial charge in [-0.15, -0.1) is 0 Å². The average Bonchev–Trinajstić information content (AvgIpc) is 3.01. The summed E-state index contributed by atoms with van der Waals surface area (Å²) in [4.78, 5) is 5.42. The van der Waals surface area contributed by atoms with Crippen molar-refractivity contribution in [1.29, 1.82) is 0 Å². The van der Waals surface area contributed by atoms with Crippen LogP contribution in [0.5, 0.6) is 0 Å².